The molecule has 9 aromatic rings. The van der Waals surface area contributed by atoms with E-state index in [1.54, 1.807) is 6.07 Å². The average Bonchev–Trinajstić information content (AvgIpc) is 1.64. The first kappa shape index (κ1) is 83.8. The van der Waals surface area contributed by atoms with E-state index >= 15 is 0 Å². The van der Waals surface area contributed by atoms with E-state index in [-0.39, 0.29) is 104 Å². The quantitative estimate of drug-likeness (QED) is 0.0162. The second-order valence-electron chi connectivity index (χ2n) is 25.1. The lowest BCUT2D eigenvalue weighted by atomic mass is 10.0. The molecule has 30 nitrogen and oxygen atoms in total. The number of halogens is 6. The topological polar surface area (TPSA) is 479 Å². The van der Waals surface area contributed by atoms with Crippen LogP contribution in [-0.2, 0) is 49.9 Å². The van der Waals surface area contributed by atoms with Crippen molar-refractivity contribution < 1.29 is 77.0 Å². The molecule has 2 unspecified atom stereocenters. The van der Waals surface area contributed by atoms with Crippen LogP contribution in [0.15, 0.2) is 126 Å². The Morgan fingerprint density at radius 1 is 0.583 bits per heavy atom. The van der Waals surface area contributed by atoms with E-state index in [0.717, 1.165) is 39.8 Å². The summed E-state index contributed by atoms with van der Waals surface area (Å²) in [4.78, 5) is 70.1. The molecule has 3 aliphatic carbocycles. The van der Waals surface area contributed by atoms with Crippen LogP contribution in [0.2, 0.25) is 18.7 Å². The van der Waals surface area contributed by atoms with E-state index in [0.29, 0.717) is 79.4 Å². The SMILES string of the molecule is CNC(c1cccc(Cl)c1)c1csc(C(=O)c2cncnc2N[C@@H]2C[C@H](COS(N)(=O)=O)[C@@H](O)C2)c1.NS(=O)(=O)OC[C@H]1C[C@@H](Nc2ncncc2C(=O)c2cc(C(O)c3cc(Cl)ccc3F)c(Cl)s2)C[C@@H]1O.NS(=O)(=O)OC[C@H]1C[C@@H](Nc2ncncc2C(=O)c2cc(Cc3cccc(Br)n3)c(Cl)s2)C[C@@H]1O. The zero-order valence-electron chi connectivity index (χ0n) is 56.2. The number of aliphatic hydroxyl groups is 4. The Morgan fingerprint density at radius 3 is 1.50 bits per heavy atom. The van der Waals surface area contributed by atoms with Crippen molar-refractivity contribution in [1.29, 1.82) is 0 Å². The van der Waals surface area contributed by atoms with Crippen molar-refractivity contribution in [1.82, 2.24) is 40.2 Å². The maximum atomic E-state index is 14.3. The van der Waals surface area contributed by atoms with Crippen LogP contribution in [0, 0.1) is 23.6 Å². The van der Waals surface area contributed by atoms with Crippen molar-refractivity contribution in [2.24, 2.45) is 33.2 Å². The van der Waals surface area contributed by atoms with Gasteiger partial charge in [-0.05, 0) is 144 Å². The number of hydrogen-bond acceptors (Lipinski definition) is 30. The maximum Gasteiger partial charge on any atom is 0.333 e. The number of hydrogen-bond donors (Lipinski definition) is 11. The van der Waals surface area contributed by atoms with Crippen LogP contribution in [0.4, 0.5) is 21.8 Å². The summed E-state index contributed by atoms with van der Waals surface area (Å²) in [7, 11) is -10.5. The highest BCUT2D eigenvalue weighted by molar-refractivity contribution is 9.10. The van der Waals surface area contributed by atoms with Gasteiger partial charge in [0.1, 0.15) is 53.0 Å². The number of nitrogens with one attached hydrogen (secondary N) is 4. The number of benzene rings is 2. The molecule has 0 radical (unpaired) electrons. The van der Waals surface area contributed by atoms with Crippen molar-refractivity contribution in [2.75, 3.05) is 42.8 Å². The molecule has 0 aliphatic heterocycles. The van der Waals surface area contributed by atoms with E-state index in [1.807, 2.05) is 61.0 Å². The molecule has 0 bridgehead atoms. The van der Waals surface area contributed by atoms with Crippen LogP contribution in [0.3, 0.4) is 0 Å². The normalized spacial score (nSPS) is 20.6. The molecule has 0 spiro atoms. The van der Waals surface area contributed by atoms with Crippen LogP contribution >= 0.6 is 96.3 Å². The molecule has 3 aliphatic rings. The Bertz CT molecular complexity index is 5080. The number of thiophene rings is 3. The van der Waals surface area contributed by atoms with Gasteiger partial charge in [-0.15, -0.1) is 34.0 Å². The minimum absolute atomic E-state index is 0.0858. The van der Waals surface area contributed by atoms with Gasteiger partial charge in [-0.1, -0.05) is 64.6 Å². The number of carbonyl (C=O) groups is 3. The van der Waals surface area contributed by atoms with Gasteiger partial charge in [0.15, 0.2) is 0 Å². The number of carbonyl (C=O) groups excluding carboxylic acids is 3. The summed E-state index contributed by atoms with van der Waals surface area (Å²) in [6.45, 7) is -0.720. The fourth-order valence-corrected chi connectivity index (χ4v) is 17.6. The molecule has 12 rings (SSSR count). The zero-order chi connectivity index (χ0) is 77.9. The highest BCUT2D eigenvalue weighted by Gasteiger charge is 2.38. The molecule has 0 saturated heterocycles. The number of anilines is 3. The Labute approximate surface area is 659 Å². The van der Waals surface area contributed by atoms with Crippen LogP contribution < -0.4 is 36.7 Å². The van der Waals surface area contributed by atoms with Crippen molar-refractivity contribution in [2.45, 2.75) is 93.5 Å². The fraction of sp³-hybridized carbons (Fsp3) is 0.333. The third-order valence-corrected chi connectivity index (χ3v) is 23.5. The van der Waals surface area contributed by atoms with Crippen LogP contribution in [-0.4, -0.2) is 161 Å². The van der Waals surface area contributed by atoms with E-state index in [2.05, 4.69) is 84.6 Å². The van der Waals surface area contributed by atoms with Crippen molar-refractivity contribution in [3.05, 3.63) is 216 Å². The molecule has 0 amide bonds. The van der Waals surface area contributed by atoms with Gasteiger partial charge in [-0.2, -0.15) is 25.3 Å². The monoisotopic (exact) mass is 1740 g/mol. The van der Waals surface area contributed by atoms with Crippen LogP contribution in [0.1, 0.15) is 130 Å². The minimum Gasteiger partial charge on any atom is -0.393 e. The van der Waals surface area contributed by atoms with Gasteiger partial charge in [0.05, 0.1) is 84.2 Å². The predicted octanol–water partition coefficient (Wildman–Crippen LogP) is 8.51. The van der Waals surface area contributed by atoms with E-state index < -0.39 is 84.7 Å². The predicted molar refractivity (Wildman–Crippen MR) is 408 cm³/mol. The lowest BCUT2D eigenvalue weighted by molar-refractivity contribution is 0.100. The third kappa shape index (κ3) is 23.0. The van der Waals surface area contributed by atoms with Crippen molar-refractivity contribution >= 4 is 162 Å². The number of pyridine rings is 1. The number of aliphatic hydroxyl groups excluding tert-OH is 4. The molecule has 7 aromatic heterocycles. The zero-order valence-corrected chi connectivity index (χ0v) is 65.7. The van der Waals surface area contributed by atoms with Gasteiger partial charge in [0, 0.05) is 87.8 Å². The minimum atomic E-state index is -4.14. The molecule has 7 heterocycles. The summed E-state index contributed by atoms with van der Waals surface area (Å²) in [6, 6.07) is 20.8. The fourth-order valence-electron chi connectivity index (χ4n) is 12.3. The first-order valence-corrected chi connectivity index (χ1v) is 41.6. The summed E-state index contributed by atoms with van der Waals surface area (Å²) in [5.74, 6) is -2.20. The Balaban J connectivity index is 0.000000173. The number of rotatable bonds is 28. The first-order valence-electron chi connectivity index (χ1n) is 32.4. The van der Waals surface area contributed by atoms with Crippen LogP contribution in [0.5, 0.6) is 0 Å². The molecule has 14 N–H and O–H groups in total. The summed E-state index contributed by atoms with van der Waals surface area (Å²) in [5.41, 5.74) is 4.22. The Morgan fingerprint density at radius 2 is 1.04 bits per heavy atom. The molecular formula is C66H68BrCl4FN14O16S6. The van der Waals surface area contributed by atoms with Crippen LogP contribution in [0.25, 0.3) is 0 Å². The molecule has 3 saturated carbocycles. The molecule has 576 valence electrons. The second kappa shape index (κ2) is 37.1. The van der Waals surface area contributed by atoms with Gasteiger partial charge in [-0.3, -0.25) is 26.9 Å². The highest BCUT2D eigenvalue weighted by Crippen LogP contribution is 2.40. The van der Waals surface area contributed by atoms with Gasteiger partial charge in [0.2, 0.25) is 17.3 Å². The molecule has 11 atom stereocenters. The van der Waals surface area contributed by atoms with E-state index in [9.17, 15) is 64.5 Å². The van der Waals surface area contributed by atoms with Gasteiger partial charge < -0.3 is 41.7 Å². The smallest absolute Gasteiger partial charge is 0.333 e. The van der Waals surface area contributed by atoms with Crippen molar-refractivity contribution in [3.63, 3.8) is 0 Å². The van der Waals surface area contributed by atoms with E-state index in [1.165, 1.54) is 78.4 Å². The number of nitrogens with two attached hydrogens (primary N) is 3. The average molecular weight is 1750 g/mol. The molecule has 108 heavy (non-hydrogen) atoms. The number of aromatic nitrogens is 7. The molecule has 2 aromatic carbocycles. The Hall–Kier alpha value is -6.68. The number of nitrogens with zero attached hydrogens (tertiary/aromatic N) is 7. The highest BCUT2D eigenvalue weighted by atomic mass is 79.9. The third-order valence-electron chi connectivity index (χ3n) is 17.5. The van der Waals surface area contributed by atoms with Crippen molar-refractivity contribution in [3.8, 4) is 0 Å². The molecular weight excluding hydrogens is 1680 g/mol. The number of ketones is 3. The standard InChI is InChI=1S/C23H26ClN5O5S2.C22H21Cl2FN4O6S2.C21H21BrClN5O5S2/c1-26-21(13-3-2-4-16(24)5-13)15-7-20(35-11-15)22(31)18-9-27-12-28-23(18)29-17-6-14(19(30)8-17)10-34-36(25,32)33;23-11-1-2-16(25)13(4-11)19(31)14-6-18(36-21(14)24)20(32)15-7-27-9-28-22(15)29-12-3-10(17(30)5-12)8-35-37(26,33)34;22-18-3-1-2-13(27-18)4-11-6-17(34-20(11)23)19(30)15-8-25-10-26-21(15)28-14-5-12(16(29)7-14)9-33-35(24,31)32/h2-5,7,9,11-12,14,17,19,21,26,30H,6,8,10H2,1H3,(H2,25,32,33)(H,27,28,29);1-2,4,6-7,9-10,12,17,19,30-31H,3,5,8H2,(H2,26,33,34)(H,27,28,29);1-3,6,8,10,12,14,16,29H,4-5,7,9H2,(H2,24,31,32)(H,25,26,28)/t14-,17-,19+,21?;10-,12-,17+,19?;12-,14-,16+/m111/s1. The summed E-state index contributed by atoms with van der Waals surface area (Å²) in [6.07, 6.45) is 6.74. The molecule has 42 heteroatoms. The largest absolute Gasteiger partial charge is 0.393 e. The summed E-state index contributed by atoms with van der Waals surface area (Å²) >= 11 is 31.6. The summed E-state index contributed by atoms with van der Waals surface area (Å²) in [5, 5.41) is 71.7. The lowest BCUT2D eigenvalue weighted by Gasteiger charge is -2.16. The second-order valence-corrected chi connectivity index (χ2v) is 34.6. The van der Waals surface area contributed by atoms with Gasteiger partial charge in [-0.25, -0.2) is 54.7 Å². The molecule has 3 fully saturated rings. The Kier molecular flexibility index (Phi) is 28.8. The van der Waals surface area contributed by atoms with E-state index in [4.69, 9.17) is 61.8 Å². The maximum absolute atomic E-state index is 14.3. The van der Waals surface area contributed by atoms with Gasteiger partial charge >= 0.3 is 30.9 Å². The lowest BCUT2D eigenvalue weighted by Crippen LogP contribution is -2.24. The van der Waals surface area contributed by atoms with Gasteiger partial charge in [0.25, 0.3) is 0 Å². The summed E-state index contributed by atoms with van der Waals surface area (Å²) < 4.78 is 95.8. The first-order chi connectivity index (χ1) is 51.2.